The van der Waals surface area contributed by atoms with E-state index in [1.807, 2.05) is 66.7 Å². The molecule has 9 nitrogen and oxygen atoms in total. The predicted molar refractivity (Wildman–Crippen MR) is 159 cm³/mol. The van der Waals surface area contributed by atoms with Gasteiger partial charge in [-0.3, -0.25) is 13.8 Å². The Labute approximate surface area is 243 Å². The lowest BCUT2D eigenvalue weighted by atomic mass is 9.96. The second kappa shape index (κ2) is 15.4. The van der Waals surface area contributed by atoms with Crippen LogP contribution in [0.4, 0.5) is 10.5 Å². The first-order valence-electron chi connectivity index (χ1n) is 13.4. The molecule has 3 aromatic rings. The van der Waals surface area contributed by atoms with Crippen LogP contribution in [0.2, 0.25) is 0 Å². The summed E-state index contributed by atoms with van der Waals surface area (Å²) in [6.45, 7) is 7.51. The number of hydrogen-bond acceptors (Lipinski definition) is 7. The zero-order chi connectivity index (χ0) is 29.8. The zero-order valence-electron chi connectivity index (χ0n) is 23.9. The molecule has 3 rings (SSSR count). The number of carboxylic acids is 1. The number of amides is 1. The van der Waals surface area contributed by atoms with Crippen molar-refractivity contribution in [2.75, 3.05) is 5.73 Å². The SMILES string of the molecule is CC(C[C@H](Cc1ccc(OP(OCc2ccccc2)OCc2ccccc2)c(N)c1)NC(=O)OC(C)(C)C)C(=O)O. The van der Waals surface area contributed by atoms with Gasteiger partial charge in [-0.2, -0.15) is 0 Å². The summed E-state index contributed by atoms with van der Waals surface area (Å²) in [6.07, 6.45) is -0.0335. The van der Waals surface area contributed by atoms with E-state index in [2.05, 4.69) is 5.32 Å². The lowest BCUT2D eigenvalue weighted by Gasteiger charge is -2.25. The zero-order valence-corrected chi connectivity index (χ0v) is 24.8. The number of ether oxygens (including phenoxy) is 1. The molecule has 0 saturated heterocycles. The molecule has 0 saturated carbocycles. The first kappa shape index (κ1) is 31.9. The quantitative estimate of drug-likeness (QED) is 0.139. The van der Waals surface area contributed by atoms with Crippen molar-refractivity contribution in [1.82, 2.24) is 5.32 Å². The lowest BCUT2D eigenvalue weighted by molar-refractivity contribution is -0.141. The van der Waals surface area contributed by atoms with E-state index in [9.17, 15) is 14.7 Å². The Morgan fingerprint density at radius 3 is 1.95 bits per heavy atom. The third kappa shape index (κ3) is 11.8. The van der Waals surface area contributed by atoms with Crippen molar-refractivity contribution < 1.29 is 33.0 Å². The fourth-order valence-electron chi connectivity index (χ4n) is 3.86. The third-order valence-electron chi connectivity index (χ3n) is 5.87. The summed E-state index contributed by atoms with van der Waals surface area (Å²) < 4.78 is 23.5. The van der Waals surface area contributed by atoms with Crippen LogP contribution in [0.15, 0.2) is 78.9 Å². The summed E-state index contributed by atoms with van der Waals surface area (Å²) >= 11 is 0. The number of nitrogen functional groups attached to an aromatic ring is 1. The van der Waals surface area contributed by atoms with Gasteiger partial charge in [-0.25, -0.2) is 4.79 Å². The van der Waals surface area contributed by atoms with E-state index >= 15 is 0 Å². The summed E-state index contributed by atoms with van der Waals surface area (Å²) in [7, 11) is -1.79. The van der Waals surface area contributed by atoms with Crippen LogP contribution in [-0.2, 0) is 38.2 Å². The Kier molecular flexibility index (Phi) is 12.0. The van der Waals surface area contributed by atoms with Crippen molar-refractivity contribution in [2.45, 2.75) is 65.4 Å². The molecule has 0 aliphatic heterocycles. The van der Waals surface area contributed by atoms with Crippen LogP contribution < -0.4 is 15.6 Å². The van der Waals surface area contributed by atoms with Crippen LogP contribution >= 0.6 is 8.60 Å². The molecule has 0 bridgehead atoms. The maximum Gasteiger partial charge on any atom is 0.407 e. The summed E-state index contributed by atoms with van der Waals surface area (Å²) in [5.74, 6) is -1.21. The highest BCUT2D eigenvalue weighted by atomic mass is 31.2. The molecule has 0 heterocycles. The number of nitrogens with two attached hydrogens (primary N) is 1. The van der Waals surface area contributed by atoms with E-state index in [4.69, 9.17) is 24.0 Å². The molecular formula is C31H39N2O7P. The highest BCUT2D eigenvalue weighted by Gasteiger charge is 2.24. The highest BCUT2D eigenvalue weighted by Crippen LogP contribution is 2.44. The molecule has 0 radical (unpaired) electrons. The van der Waals surface area contributed by atoms with Gasteiger partial charge in [-0.15, -0.1) is 0 Å². The first-order valence-corrected chi connectivity index (χ1v) is 14.5. The molecular weight excluding hydrogens is 543 g/mol. The molecule has 0 aromatic heterocycles. The van der Waals surface area contributed by atoms with E-state index in [0.717, 1.165) is 16.7 Å². The minimum atomic E-state index is -1.79. The maximum absolute atomic E-state index is 12.4. The fraction of sp³-hybridized carbons (Fsp3) is 0.355. The van der Waals surface area contributed by atoms with E-state index < -0.39 is 38.2 Å². The molecule has 4 N–H and O–H groups in total. The Balaban J connectivity index is 1.71. The molecule has 3 aromatic carbocycles. The number of benzene rings is 3. The van der Waals surface area contributed by atoms with Gasteiger partial charge in [0.2, 0.25) is 0 Å². The van der Waals surface area contributed by atoms with Gasteiger partial charge in [0.25, 0.3) is 0 Å². The van der Waals surface area contributed by atoms with Gasteiger partial charge in [0.1, 0.15) is 5.60 Å². The van der Waals surface area contributed by atoms with Crippen molar-refractivity contribution in [1.29, 1.82) is 0 Å². The number of hydrogen-bond donors (Lipinski definition) is 3. The molecule has 41 heavy (non-hydrogen) atoms. The van der Waals surface area contributed by atoms with Gasteiger partial charge in [-0.1, -0.05) is 73.7 Å². The van der Waals surface area contributed by atoms with Crippen molar-refractivity contribution in [3.05, 3.63) is 95.6 Å². The Hall–Kier alpha value is -3.65. The molecule has 0 aliphatic carbocycles. The van der Waals surface area contributed by atoms with E-state index in [1.54, 1.807) is 39.8 Å². The van der Waals surface area contributed by atoms with Gasteiger partial charge >= 0.3 is 20.7 Å². The minimum Gasteiger partial charge on any atom is -0.481 e. The normalized spacial score (nSPS) is 12.9. The van der Waals surface area contributed by atoms with E-state index in [-0.39, 0.29) is 6.42 Å². The predicted octanol–water partition coefficient (Wildman–Crippen LogP) is 6.85. The monoisotopic (exact) mass is 582 g/mol. The van der Waals surface area contributed by atoms with E-state index in [1.165, 1.54) is 0 Å². The summed E-state index contributed by atoms with van der Waals surface area (Å²) in [6, 6.07) is 24.3. The van der Waals surface area contributed by atoms with Crippen molar-refractivity contribution in [2.24, 2.45) is 5.92 Å². The van der Waals surface area contributed by atoms with Crippen LogP contribution in [0.25, 0.3) is 0 Å². The Morgan fingerprint density at radius 2 is 1.46 bits per heavy atom. The van der Waals surface area contributed by atoms with Crippen LogP contribution in [0.3, 0.4) is 0 Å². The van der Waals surface area contributed by atoms with Crippen LogP contribution in [-0.4, -0.2) is 28.8 Å². The van der Waals surface area contributed by atoms with Crippen molar-refractivity contribution >= 4 is 26.4 Å². The van der Waals surface area contributed by atoms with Gasteiger partial charge in [0, 0.05) is 6.04 Å². The molecule has 10 heteroatoms. The molecule has 220 valence electrons. The number of carbonyl (C=O) groups excluding carboxylic acids is 1. The molecule has 1 amide bonds. The fourth-order valence-corrected chi connectivity index (χ4v) is 4.88. The number of anilines is 1. The first-order chi connectivity index (χ1) is 19.5. The smallest absolute Gasteiger partial charge is 0.407 e. The third-order valence-corrected chi connectivity index (χ3v) is 6.89. The second-order valence-corrected chi connectivity index (χ2v) is 11.9. The summed E-state index contributed by atoms with van der Waals surface area (Å²) in [5.41, 5.74) is 8.81. The number of carboxylic acid groups (broad SMARTS) is 1. The van der Waals surface area contributed by atoms with Gasteiger partial charge < -0.3 is 25.4 Å². The van der Waals surface area contributed by atoms with Crippen molar-refractivity contribution in [3.63, 3.8) is 0 Å². The van der Waals surface area contributed by atoms with Crippen LogP contribution in [0.1, 0.15) is 50.8 Å². The average molecular weight is 583 g/mol. The standard InChI is InChI=1S/C31H39N2O7P/c1-22(29(34)35)17-26(33-30(36)39-31(2,3)4)18-25-15-16-28(27(32)19-25)40-41(37-20-23-11-7-5-8-12-23)38-21-24-13-9-6-10-14-24/h5-16,19,22,26H,17-18,20-21,32H2,1-4H3,(H,33,36)(H,34,35)/t22?,26-/m1/s1. The maximum atomic E-state index is 12.4. The van der Waals surface area contributed by atoms with Gasteiger partial charge in [0.05, 0.1) is 24.8 Å². The number of nitrogens with one attached hydrogen (secondary N) is 1. The molecule has 2 atom stereocenters. The van der Waals surface area contributed by atoms with Crippen LogP contribution in [0.5, 0.6) is 5.75 Å². The molecule has 0 aliphatic rings. The summed E-state index contributed by atoms with van der Waals surface area (Å²) in [4.78, 5) is 23.9. The van der Waals surface area contributed by atoms with Crippen LogP contribution in [0, 0.1) is 5.92 Å². The molecule has 0 fully saturated rings. The minimum absolute atomic E-state index is 0.221. The second-order valence-electron chi connectivity index (χ2n) is 10.7. The largest absolute Gasteiger partial charge is 0.481 e. The van der Waals surface area contributed by atoms with Gasteiger partial charge in [0.15, 0.2) is 5.75 Å². The number of aliphatic carboxylic acids is 1. The number of alkyl carbamates (subject to hydrolysis) is 1. The Morgan fingerprint density at radius 1 is 0.902 bits per heavy atom. The average Bonchev–Trinajstić information content (AvgIpc) is 2.91. The molecule has 1 unspecified atom stereocenters. The number of carbonyl (C=O) groups is 2. The number of rotatable bonds is 14. The highest BCUT2D eigenvalue weighted by molar-refractivity contribution is 7.42. The molecule has 0 spiro atoms. The van der Waals surface area contributed by atoms with E-state index in [0.29, 0.717) is 31.1 Å². The lowest BCUT2D eigenvalue weighted by Crippen LogP contribution is -2.41. The topological polar surface area (TPSA) is 129 Å². The Bertz CT molecular complexity index is 1210. The van der Waals surface area contributed by atoms with Gasteiger partial charge in [-0.05, 0) is 62.4 Å². The van der Waals surface area contributed by atoms with Crippen molar-refractivity contribution in [3.8, 4) is 5.75 Å². The summed E-state index contributed by atoms with van der Waals surface area (Å²) in [5, 5.41) is 12.2.